The summed E-state index contributed by atoms with van der Waals surface area (Å²) in [5.74, 6) is 0. The van der Waals surface area contributed by atoms with E-state index in [4.69, 9.17) is 15.3 Å². The van der Waals surface area contributed by atoms with Crippen molar-refractivity contribution in [1.29, 1.82) is 0 Å². The van der Waals surface area contributed by atoms with Gasteiger partial charge in [0.05, 0.1) is 19.4 Å². The van der Waals surface area contributed by atoms with Gasteiger partial charge in [-0.3, -0.25) is 4.84 Å². The molecule has 0 aromatic heterocycles. The summed E-state index contributed by atoms with van der Waals surface area (Å²) >= 11 is 0. The minimum Gasteiger partial charge on any atom is -0.448 e. The van der Waals surface area contributed by atoms with Crippen molar-refractivity contribution in [2.45, 2.75) is 13.5 Å². The third-order valence-corrected chi connectivity index (χ3v) is 2.00. The zero-order chi connectivity index (χ0) is 12.0. The van der Waals surface area contributed by atoms with Crippen LogP contribution in [0.15, 0.2) is 24.3 Å². The van der Waals surface area contributed by atoms with Crippen molar-refractivity contribution >= 4 is 11.8 Å². The lowest BCUT2D eigenvalue weighted by Crippen LogP contribution is -2.30. The first-order valence-electron chi connectivity index (χ1n) is 5.03. The Morgan fingerprint density at radius 1 is 1.50 bits per heavy atom. The van der Waals surface area contributed by atoms with E-state index in [1.165, 1.54) is 7.11 Å². The second kappa shape index (κ2) is 6.09. The first-order valence-corrected chi connectivity index (χ1v) is 5.03. The first-order chi connectivity index (χ1) is 7.72. The molecule has 5 heteroatoms. The number of nitrogens with two attached hydrogens (primary N) is 1. The topological polar surface area (TPSA) is 64.8 Å². The molecule has 0 spiro atoms. The van der Waals surface area contributed by atoms with Crippen LogP contribution in [0, 0.1) is 0 Å². The van der Waals surface area contributed by atoms with E-state index in [1.54, 1.807) is 19.1 Å². The van der Waals surface area contributed by atoms with Gasteiger partial charge in [0, 0.05) is 6.54 Å². The number of amides is 1. The zero-order valence-electron chi connectivity index (χ0n) is 9.47. The third kappa shape index (κ3) is 2.95. The maximum atomic E-state index is 11.5. The average Bonchev–Trinajstić information content (AvgIpc) is 2.31. The summed E-state index contributed by atoms with van der Waals surface area (Å²) in [5, 5.41) is 1.09. The predicted molar refractivity (Wildman–Crippen MR) is 60.8 cm³/mol. The first kappa shape index (κ1) is 12.5. The number of rotatable bonds is 4. The van der Waals surface area contributed by atoms with Crippen LogP contribution in [0.5, 0.6) is 0 Å². The normalized spacial score (nSPS) is 9.94. The van der Waals surface area contributed by atoms with E-state index >= 15 is 0 Å². The van der Waals surface area contributed by atoms with Crippen molar-refractivity contribution in [1.82, 2.24) is 0 Å². The molecule has 0 fully saturated rings. The number of nitrogens with zero attached hydrogens (tertiary/aromatic N) is 1. The molecule has 0 heterocycles. The molecule has 0 aliphatic carbocycles. The van der Waals surface area contributed by atoms with Crippen LogP contribution in [-0.2, 0) is 16.1 Å². The molecule has 0 atom stereocenters. The number of anilines is 1. The number of ether oxygens (including phenoxy) is 1. The highest BCUT2D eigenvalue weighted by Crippen LogP contribution is 2.17. The molecule has 16 heavy (non-hydrogen) atoms. The molecule has 5 nitrogen and oxygen atoms in total. The highest BCUT2D eigenvalue weighted by molar-refractivity contribution is 5.85. The maximum Gasteiger partial charge on any atom is 0.438 e. The molecule has 2 N–H and O–H groups in total. The summed E-state index contributed by atoms with van der Waals surface area (Å²) in [7, 11) is 1.41. The quantitative estimate of drug-likeness (QED) is 0.790. The Bertz CT molecular complexity index is 355. The van der Waals surface area contributed by atoms with E-state index < -0.39 is 6.09 Å². The highest BCUT2D eigenvalue weighted by Gasteiger charge is 2.16. The molecular weight excluding hydrogens is 208 g/mol. The van der Waals surface area contributed by atoms with Gasteiger partial charge in [0.2, 0.25) is 0 Å². The van der Waals surface area contributed by atoms with Crippen LogP contribution in [0.2, 0.25) is 0 Å². The van der Waals surface area contributed by atoms with Crippen molar-refractivity contribution < 1.29 is 14.4 Å². The largest absolute Gasteiger partial charge is 0.448 e. The molecule has 1 aromatic rings. The van der Waals surface area contributed by atoms with Gasteiger partial charge >= 0.3 is 6.09 Å². The van der Waals surface area contributed by atoms with Gasteiger partial charge in [-0.05, 0) is 24.6 Å². The van der Waals surface area contributed by atoms with E-state index in [0.29, 0.717) is 18.8 Å². The lowest BCUT2D eigenvalue weighted by atomic mass is 10.2. The van der Waals surface area contributed by atoms with Gasteiger partial charge in [0.25, 0.3) is 0 Å². The Hall–Kier alpha value is -1.59. The summed E-state index contributed by atoms with van der Waals surface area (Å²) in [4.78, 5) is 16.5. The Kier molecular flexibility index (Phi) is 4.75. The molecule has 0 saturated heterocycles. The molecular formula is C11H16N2O3. The second-order valence-electron chi connectivity index (χ2n) is 3.05. The lowest BCUT2D eigenvalue weighted by molar-refractivity contribution is 0.104. The molecule has 0 aliphatic heterocycles. The van der Waals surface area contributed by atoms with E-state index in [2.05, 4.69) is 0 Å². The SMILES string of the molecule is CCOC(=O)N(OC)c1cccc(CN)c1. The van der Waals surface area contributed by atoms with Crippen LogP contribution in [0.4, 0.5) is 10.5 Å². The van der Waals surface area contributed by atoms with Crippen molar-refractivity contribution in [3.8, 4) is 0 Å². The fourth-order valence-corrected chi connectivity index (χ4v) is 1.28. The predicted octanol–water partition coefficient (Wildman–Crippen LogP) is 1.67. The minimum atomic E-state index is -0.542. The highest BCUT2D eigenvalue weighted by atomic mass is 16.7. The Balaban J connectivity index is 2.89. The number of hydroxylamine groups is 1. The van der Waals surface area contributed by atoms with Gasteiger partial charge in [-0.2, -0.15) is 5.06 Å². The minimum absolute atomic E-state index is 0.301. The van der Waals surface area contributed by atoms with Crippen LogP contribution in [0.25, 0.3) is 0 Å². The monoisotopic (exact) mass is 224 g/mol. The zero-order valence-corrected chi connectivity index (χ0v) is 9.47. The van der Waals surface area contributed by atoms with E-state index in [0.717, 1.165) is 10.6 Å². The fourth-order valence-electron chi connectivity index (χ4n) is 1.28. The third-order valence-electron chi connectivity index (χ3n) is 2.00. The summed E-state index contributed by atoms with van der Waals surface area (Å²) in [5.41, 5.74) is 7.04. The van der Waals surface area contributed by atoms with Gasteiger partial charge in [-0.25, -0.2) is 4.79 Å². The lowest BCUT2D eigenvalue weighted by Gasteiger charge is -2.19. The van der Waals surface area contributed by atoms with Crippen LogP contribution in [-0.4, -0.2) is 19.8 Å². The number of hydrogen-bond donors (Lipinski definition) is 1. The Labute approximate surface area is 94.7 Å². The number of hydrogen-bond acceptors (Lipinski definition) is 4. The van der Waals surface area contributed by atoms with Crippen LogP contribution >= 0.6 is 0 Å². The summed E-state index contributed by atoms with van der Waals surface area (Å²) in [6, 6.07) is 7.21. The van der Waals surface area contributed by atoms with Gasteiger partial charge in [-0.15, -0.1) is 0 Å². The Morgan fingerprint density at radius 3 is 2.81 bits per heavy atom. The van der Waals surface area contributed by atoms with Gasteiger partial charge in [-0.1, -0.05) is 12.1 Å². The summed E-state index contributed by atoms with van der Waals surface area (Å²) in [6.45, 7) is 2.45. The molecule has 0 aliphatic rings. The van der Waals surface area contributed by atoms with Gasteiger partial charge in [0.1, 0.15) is 0 Å². The number of benzene rings is 1. The van der Waals surface area contributed by atoms with Crippen molar-refractivity contribution in [2.24, 2.45) is 5.73 Å². The van der Waals surface area contributed by atoms with Crippen LogP contribution < -0.4 is 10.8 Å². The van der Waals surface area contributed by atoms with Crippen molar-refractivity contribution in [3.63, 3.8) is 0 Å². The molecule has 1 aromatic carbocycles. The molecule has 0 saturated carbocycles. The fraction of sp³-hybridized carbons (Fsp3) is 0.364. The van der Waals surface area contributed by atoms with E-state index in [9.17, 15) is 4.79 Å². The summed E-state index contributed by atoms with van der Waals surface area (Å²) in [6.07, 6.45) is -0.542. The molecule has 0 unspecified atom stereocenters. The molecule has 1 rings (SSSR count). The summed E-state index contributed by atoms with van der Waals surface area (Å²) < 4.78 is 4.85. The molecule has 0 bridgehead atoms. The van der Waals surface area contributed by atoms with E-state index in [-0.39, 0.29) is 0 Å². The average molecular weight is 224 g/mol. The number of carbonyl (C=O) groups excluding carboxylic acids is 1. The van der Waals surface area contributed by atoms with Crippen LogP contribution in [0.1, 0.15) is 12.5 Å². The number of carbonyl (C=O) groups is 1. The van der Waals surface area contributed by atoms with Gasteiger partial charge in [0.15, 0.2) is 0 Å². The Morgan fingerprint density at radius 2 is 2.25 bits per heavy atom. The molecule has 0 radical (unpaired) electrons. The van der Waals surface area contributed by atoms with E-state index in [1.807, 2.05) is 12.1 Å². The smallest absolute Gasteiger partial charge is 0.438 e. The van der Waals surface area contributed by atoms with Crippen LogP contribution in [0.3, 0.4) is 0 Å². The molecule has 1 amide bonds. The van der Waals surface area contributed by atoms with Crippen molar-refractivity contribution in [2.75, 3.05) is 18.8 Å². The molecule has 88 valence electrons. The van der Waals surface area contributed by atoms with Gasteiger partial charge < -0.3 is 10.5 Å². The van der Waals surface area contributed by atoms with Crippen molar-refractivity contribution in [3.05, 3.63) is 29.8 Å². The second-order valence-corrected chi connectivity index (χ2v) is 3.05. The maximum absolute atomic E-state index is 11.5. The standard InChI is InChI=1S/C11H16N2O3/c1-3-16-11(14)13(15-2)10-6-4-5-9(7-10)8-12/h4-7H,3,8,12H2,1-2H3.